The van der Waals surface area contributed by atoms with Gasteiger partial charge in [0.2, 0.25) is 0 Å². The predicted molar refractivity (Wildman–Crippen MR) is 97.5 cm³/mol. The van der Waals surface area contributed by atoms with Crippen molar-refractivity contribution in [3.63, 3.8) is 0 Å². The number of benzene rings is 2. The molecule has 0 bridgehead atoms. The second kappa shape index (κ2) is 8.72. The van der Waals surface area contributed by atoms with E-state index in [1.807, 2.05) is 13.8 Å². The van der Waals surface area contributed by atoms with Crippen LogP contribution in [0.4, 0.5) is 10.1 Å². The first-order chi connectivity index (χ1) is 12.0. The summed E-state index contributed by atoms with van der Waals surface area (Å²) in [6.45, 7) is 6.46. The van der Waals surface area contributed by atoms with E-state index >= 15 is 0 Å². The van der Waals surface area contributed by atoms with E-state index in [0.29, 0.717) is 24.7 Å². The minimum atomic E-state index is -0.493. The average Bonchev–Trinajstić information content (AvgIpc) is 2.56. The summed E-state index contributed by atoms with van der Waals surface area (Å²) in [5.41, 5.74) is 1.14. The molecule has 6 heteroatoms. The highest BCUT2D eigenvalue weighted by atomic mass is 35.5. The number of aryl methyl sites for hydroxylation is 1. The lowest BCUT2D eigenvalue weighted by Gasteiger charge is -2.15. The van der Waals surface area contributed by atoms with Gasteiger partial charge >= 0.3 is 0 Å². The number of halogens is 2. The molecule has 2 rings (SSSR count). The van der Waals surface area contributed by atoms with Gasteiger partial charge in [-0.25, -0.2) is 4.39 Å². The van der Waals surface area contributed by atoms with Crippen LogP contribution >= 0.6 is 11.6 Å². The van der Waals surface area contributed by atoms with Crippen LogP contribution in [0.25, 0.3) is 0 Å². The third-order valence-corrected chi connectivity index (χ3v) is 3.68. The molecule has 0 saturated carbocycles. The van der Waals surface area contributed by atoms with Crippen molar-refractivity contribution in [3.8, 4) is 11.5 Å². The highest BCUT2D eigenvalue weighted by molar-refractivity contribution is 6.32. The van der Waals surface area contributed by atoms with Crippen molar-refractivity contribution >= 4 is 23.2 Å². The van der Waals surface area contributed by atoms with Crippen LogP contribution in [0.1, 0.15) is 36.2 Å². The molecule has 0 fully saturated rings. The first kappa shape index (κ1) is 19.1. The van der Waals surface area contributed by atoms with Crippen molar-refractivity contribution in [2.45, 2.75) is 27.2 Å². The lowest BCUT2D eigenvalue weighted by atomic mass is 10.1. The summed E-state index contributed by atoms with van der Waals surface area (Å²) in [7, 11) is 0. The van der Waals surface area contributed by atoms with Gasteiger partial charge in [0.05, 0.1) is 23.9 Å². The quantitative estimate of drug-likeness (QED) is 0.731. The summed E-state index contributed by atoms with van der Waals surface area (Å²) in [6.07, 6.45) is 0.816. The molecule has 1 N–H and O–H groups in total. The standard InChI is InChI=1S/C19H21ClFNO3/c1-4-8-25-18-14(20)10-13(11-17(18)24-5-2)19(23)22-16-7-6-12(3)9-15(16)21/h6-7,9-11H,4-5,8H2,1-3H3,(H,22,23). The maximum Gasteiger partial charge on any atom is 0.255 e. The van der Waals surface area contributed by atoms with E-state index in [9.17, 15) is 9.18 Å². The Balaban J connectivity index is 2.29. The second-order valence-electron chi connectivity index (χ2n) is 5.50. The predicted octanol–water partition coefficient (Wildman–Crippen LogP) is 5.23. The molecule has 0 spiro atoms. The summed E-state index contributed by atoms with van der Waals surface area (Å²) in [5.74, 6) is -0.179. The Bertz CT molecular complexity index is 765. The number of hydrogen-bond acceptors (Lipinski definition) is 3. The highest BCUT2D eigenvalue weighted by Gasteiger charge is 2.17. The van der Waals surface area contributed by atoms with E-state index in [1.54, 1.807) is 19.1 Å². The molecule has 2 aromatic rings. The molecule has 0 heterocycles. The SMILES string of the molecule is CCCOc1c(Cl)cc(C(=O)Nc2ccc(C)cc2F)cc1OCC. The second-order valence-corrected chi connectivity index (χ2v) is 5.91. The first-order valence-corrected chi connectivity index (χ1v) is 8.50. The van der Waals surface area contributed by atoms with Crippen LogP contribution in [0.3, 0.4) is 0 Å². The van der Waals surface area contributed by atoms with Gasteiger partial charge in [0, 0.05) is 5.56 Å². The van der Waals surface area contributed by atoms with Crippen LogP contribution in [0.5, 0.6) is 11.5 Å². The molecule has 0 radical (unpaired) electrons. The topological polar surface area (TPSA) is 47.6 Å². The van der Waals surface area contributed by atoms with E-state index in [4.69, 9.17) is 21.1 Å². The number of amides is 1. The van der Waals surface area contributed by atoms with Crippen LogP contribution in [0.15, 0.2) is 30.3 Å². The zero-order valence-corrected chi connectivity index (χ0v) is 15.2. The zero-order valence-electron chi connectivity index (χ0n) is 14.5. The Morgan fingerprint density at radius 2 is 1.96 bits per heavy atom. The molecule has 0 unspecified atom stereocenters. The monoisotopic (exact) mass is 365 g/mol. The van der Waals surface area contributed by atoms with Gasteiger partial charge in [-0.3, -0.25) is 4.79 Å². The number of nitrogens with one attached hydrogen (secondary N) is 1. The van der Waals surface area contributed by atoms with Crippen molar-refractivity contribution in [2.24, 2.45) is 0 Å². The van der Waals surface area contributed by atoms with Gasteiger partial charge in [0.1, 0.15) is 5.82 Å². The third kappa shape index (κ3) is 4.86. The van der Waals surface area contributed by atoms with Gasteiger partial charge in [-0.05, 0) is 50.1 Å². The summed E-state index contributed by atoms with van der Waals surface area (Å²) in [5, 5.41) is 2.82. The van der Waals surface area contributed by atoms with Gasteiger partial charge in [0.25, 0.3) is 5.91 Å². The van der Waals surface area contributed by atoms with Crippen LogP contribution in [0, 0.1) is 12.7 Å². The lowest BCUT2D eigenvalue weighted by molar-refractivity contribution is 0.102. The molecule has 134 valence electrons. The maximum atomic E-state index is 13.9. The minimum Gasteiger partial charge on any atom is -0.490 e. The van der Waals surface area contributed by atoms with Crippen molar-refractivity contribution in [3.05, 3.63) is 52.3 Å². The molecule has 4 nitrogen and oxygen atoms in total. The highest BCUT2D eigenvalue weighted by Crippen LogP contribution is 2.37. The number of carbonyl (C=O) groups excluding carboxylic acids is 1. The largest absolute Gasteiger partial charge is 0.490 e. The fourth-order valence-electron chi connectivity index (χ4n) is 2.22. The normalized spacial score (nSPS) is 10.4. The fraction of sp³-hybridized carbons (Fsp3) is 0.316. The van der Waals surface area contributed by atoms with Gasteiger partial charge in [-0.2, -0.15) is 0 Å². The number of anilines is 1. The Morgan fingerprint density at radius 3 is 2.60 bits per heavy atom. The lowest BCUT2D eigenvalue weighted by Crippen LogP contribution is -2.14. The van der Waals surface area contributed by atoms with Gasteiger partial charge in [0.15, 0.2) is 11.5 Å². The molecule has 0 aliphatic rings. The Hall–Kier alpha value is -2.27. The zero-order chi connectivity index (χ0) is 18.4. The maximum absolute atomic E-state index is 13.9. The number of ether oxygens (including phenoxy) is 2. The number of hydrogen-bond donors (Lipinski definition) is 1. The summed E-state index contributed by atoms with van der Waals surface area (Å²) in [6, 6.07) is 7.62. The van der Waals surface area contributed by atoms with Crippen molar-refractivity contribution < 1.29 is 18.7 Å². The van der Waals surface area contributed by atoms with Crippen molar-refractivity contribution in [1.29, 1.82) is 0 Å². The molecule has 0 aromatic heterocycles. The molecule has 25 heavy (non-hydrogen) atoms. The molecule has 2 aromatic carbocycles. The summed E-state index contributed by atoms with van der Waals surface area (Å²) >= 11 is 6.25. The fourth-order valence-corrected chi connectivity index (χ4v) is 2.49. The van der Waals surface area contributed by atoms with Crippen LogP contribution in [-0.2, 0) is 0 Å². The first-order valence-electron chi connectivity index (χ1n) is 8.12. The van der Waals surface area contributed by atoms with Crippen molar-refractivity contribution in [2.75, 3.05) is 18.5 Å². The minimum absolute atomic E-state index is 0.107. The van der Waals surface area contributed by atoms with Crippen molar-refractivity contribution in [1.82, 2.24) is 0 Å². The van der Waals surface area contributed by atoms with Crippen LogP contribution < -0.4 is 14.8 Å². The summed E-state index contributed by atoms with van der Waals surface area (Å²) in [4.78, 5) is 12.5. The van der Waals surface area contributed by atoms with Gasteiger partial charge < -0.3 is 14.8 Å². The summed E-state index contributed by atoms with van der Waals surface area (Å²) < 4.78 is 25.1. The average molecular weight is 366 g/mol. The number of carbonyl (C=O) groups is 1. The van der Waals surface area contributed by atoms with E-state index in [-0.39, 0.29) is 16.3 Å². The molecule has 0 aliphatic carbocycles. The van der Waals surface area contributed by atoms with Gasteiger partial charge in [-0.1, -0.05) is 24.6 Å². The molecule has 0 atom stereocenters. The Kier molecular flexibility index (Phi) is 6.65. The Labute approximate surface area is 151 Å². The smallest absolute Gasteiger partial charge is 0.255 e. The van der Waals surface area contributed by atoms with E-state index in [1.165, 1.54) is 18.2 Å². The molecular weight excluding hydrogens is 345 g/mol. The number of rotatable bonds is 7. The Morgan fingerprint density at radius 1 is 1.20 bits per heavy atom. The van der Waals surface area contributed by atoms with E-state index in [2.05, 4.69) is 5.32 Å². The molecule has 1 amide bonds. The molecule has 0 saturated heterocycles. The third-order valence-electron chi connectivity index (χ3n) is 3.39. The van der Waals surface area contributed by atoms with E-state index < -0.39 is 11.7 Å². The van der Waals surface area contributed by atoms with E-state index in [0.717, 1.165) is 12.0 Å². The van der Waals surface area contributed by atoms with Crippen LogP contribution in [0.2, 0.25) is 5.02 Å². The molecule has 0 aliphatic heterocycles. The van der Waals surface area contributed by atoms with Gasteiger partial charge in [-0.15, -0.1) is 0 Å². The van der Waals surface area contributed by atoms with Crippen LogP contribution in [-0.4, -0.2) is 19.1 Å². The molecular formula is C19H21ClFNO3.